The molecule has 4 nitrogen and oxygen atoms in total. The van der Waals surface area contributed by atoms with Crippen molar-refractivity contribution in [3.8, 4) is 0 Å². The second-order valence-electron chi connectivity index (χ2n) is 4.24. The molecule has 2 heterocycles. The third-order valence-electron chi connectivity index (χ3n) is 3.25. The summed E-state index contributed by atoms with van der Waals surface area (Å²) in [5.41, 5.74) is 2.16. The van der Waals surface area contributed by atoms with E-state index in [1.165, 1.54) is 9.66 Å². The van der Waals surface area contributed by atoms with Gasteiger partial charge in [-0.3, -0.25) is 0 Å². The highest BCUT2D eigenvalue weighted by molar-refractivity contribution is 7.92. The maximum absolute atomic E-state index is 12.3. The molecule has 0 amide bonds. The van der Waals surface area contributed by atoms with Crippen molar-refractivity contribution in [2.24, 2.45) is 0 Å². The highest BCUT2D eigenvalue weighted by atomic mass is 32.2. The van der Waals surface area contributed by atoms with E-state index < -0.39 is 5.79 Å². The number of halogens is 1. The van der Waals surface area contributed by atoms with Gasteiger partial charge in [0.1, 0.15) is 0 Å². The first-order valence-electron chi connectivity index (χ1n) is 5.62. The molecular weight excluding hydrogens is 243 g/mol. The molecule has 1 aliphatic carbocycles. The zero-order chi connectivity index (χ0) is 11.7. The van der Waals surface area contributed by atoms with Gasteiger partial charge >= 0.3 is 0 Å². The summed E-state index contributed by atoms with van der Waals surface area (Å²) in [6.45, 7) is 1.36. The lowest BCUT2D eigenvalue weighted by molar-refractivity contribution is -0.159. The van der Waals surface area contributed by atoms with Crippen molar-refractivity contribution in [3.63, 3.8) is 0 Å². The van der Waals surface area contributed by atoms with Crippen LogP contribution in [0.4, 0.5) is 3.89 Å². The van der Waals surface area contributed by atoms with Crippen LogP contribution < -0.4 is 0 Å². The third-order valence-corrected chi connectivity index (χ3v) is 3.59. The summed E-state index contributed by atoms with van der Waals surface area (Å²) < 4.78 is 24.8. The minimum atomic E-state index is -0.395. The number of aromatic nitrogens is 2. The normalized spacial score (nSPS) is 23.0. The molecule has 1 aromatic rings. The first-order chi connectivity index (χ1) is 8.31. The smallest absolute Gasteiger partial charge is 0.187 e. The molecule has 0 N–H and O–H groups in total. The summed E-state index contributed by atoms with van der Waals surface area (Å²) in [4.78, 5) is 0. The quantitative estimate of drug-likeness (QED) is 0.815. The molecule has 0 radical (unpaired) electrons. The minimum absolute atomic E-state index is 0.101. The molecular formula is C11H13FN2O2S. The van der Waals surface area contributed by atoms with Crippen LogP contribution in [0.5, 0.6) is 0 Å². The van der Waals surface area contributed by atoms with Crippen LogP contribution in [0.15, 0.2) is 18.5 Å². The van der Waals surface area contributed by atoms with Gasteiger partial charge in [-0.2, -0.15) is 9.19 Å². The van der Waals surface area contributed by atoms with Gasteiger partial charge in [-0.05, 0) is 12.0 Å². The summed E-state index contributed by atoms with van der Waals surface area (Å²) in [5.74, 6) is -0.395. The lowest BCUT2D eigenvalue weighted by Crippen LogP contribution is -2.31. The van der Waals surface area contributed by atoms with Gasteiger partial charge in [0.2, 0.25) is 0 Å². The van der Waals surface area contributed by atoms with Crippen molar-refractivity contribution in [1.82, 2.24) is 9.19 Å². The van der Waals surface area contributed by atoms with Crippen molar-refractivity contribution in [2.75, 3.05) is 13.2 Å². The molecule has 0 unspecified atom stereocenters. The van der Waals surface area contributed by atoms with Crippen LogP contribution in [0.2, 0.25) is 0 Å². The number of hydrogen-bond donors (Lipinski definition) is 0. The highest BCUT2D eigenvalue weighted by Crippen LogP contribution is 2.38. The van der Waals surface area contributed by atoms with Crippen molar-refractivity contribution in [3.05, 3.63) is 24.0 Å². The topological polar surface area (TPSA) is 36.3 Å². The Morgan fingerprint density at radius 3 is 2.82 bits per heavy atom. The molecule has 1 aliphatic heterocycles. The van der Waals surface area contributed by atoms with Gasteiger partial charge in [-0.15, -0.1) is 3.89 Å². The fourth-order valence-electron chi connectivity index (χ4n) is 2.34. The van der Waals surface area contributed by atoms with E-state index in [0.29, 0.717) is 13.2 Å². The van der Waals surface area contributed by atoms with E-state index in [1.807, 2.05) is 0 Å². The Labute approximate surface area is 103 Å². The average molecular weight is 256 g/mol. The van der Waals surface area contributed by atoms with Crippen LogP contribution in [0.3, 0.4) is 0 Å². The maximum Gasteiger partial charge on any atom is 0.187 e. The molecule has 6 heteroatoms. The largest absolute Gasteiger partial charge is 0.347 e. The van der Waals surface area contributed by atoms with E-state index in [-0.39, 0.29) is 12.3 Å². The Balaban J connectivity index is 1.75. The summed E-state index contributed by atoms with van der Waals surface area (Å²) in [6, 6.07) is 0. The van der Waals surface area contributed by atoms with Gasteiger partial charge in [0.15, 0.2) is 18.1 Å². The van der Waals surface area contributed by atoms with Crippen molar-refractivity contribution < 1.29 is 13.4 Å². The Morgan fingerprint density at radius 1 is 1.41 bits per heavy atom. The van der Waals surface area contributed by atoms with Gasteiger partial charge in [-0.25, -0.2) is 0 Å². The van der Waals surface area contributed by atoms with E-state index in [9.17, 15) is 3.89 Å². The maximum atomic E-state index is 12.3. The van der Waals surface area contributed by atoms with E-state index in [0.717, 1.165) is 24.8 Å². The van der Waals surface area contributed by atoms with Crippen LogP contribution in [0.1, 0.15) is 24.8 Å². The zero-order valence-corrected chi connectivity index (χ0v) is 10.1. The lowest BCUT2D eigenvalue weighted by atomic mass is 9.91. The van der Waals surface area contributed by atoms with Gasteiger partial charge in [0, 0.05) is 24.6 Å². The Kier molecular flexibility index (Phi) is 2.94. The fraction of sp³-hybridized carbons (Fsp3) is 0.545. The molecule has 2 aliphatic rings. The predicted molar refractivity (Wildman–Crippen MR) is 62.8 cm³/mol. The average Bonchev–Trinajstić information content (AvgIpc) is 3.00. The highest BCUT2D eigenvalue weighted by Gasteiger charge is 2.37. The van der Waals surface area contributed by atoms with E-state index in [4.69, 9.17) is 9.47 Å². The van der Waals surface area contributed by atoms with Gasteiger partial charge in [-0.1, -0.05) is 6.08 Å². The molecule has 17 heavy (non-hydrogen) atoms. The molecule has 1 spiro atoms. The molecule has 0 bridgehead atoms. The van der Waals surface area contributed by atoms with Crippen LogP contribution in [0.25, 0.3) is 5.57 Å². The van der Waals surface area contributed by atoms with Gasteiger partial charge in [0.25, 0.3) is 0 Å². The molecule has 3 rings (SSSR count). The second kappa shape index (κ2) is 4.44. The monoisotopic (exact) mass is 256 g/mol. The van der Waals surface area contributed by atoms with Gasteiger partial charge in [0.05, 0.1) is 19.4 Å². The predicted octanol–water partition coefficient (Wildman–Crippen LogP) is 2.57. The fourth-order valence-corrected chi connectivity index (χ4v) is 2.57. The summed E-state index contributed by atoms with van der Waals surface area (Å²) in [6.07, 6.45) is 7.99. The van der Waals surface area contributed by atoms with Crippen LogP contribution >= 0.6 is 12.3 Å². The first kappa shape index (κ1) is 11.3. The lowest BCUT2D eigenvalue weighted by Gasteiger charge is -2.30. The number of ether oxygens (including phenoxy) is 2. The van der Waals surface area contributed by atoms with Crippen LogP contribution in [0, 0.1) is 0 Å². The summed E-state index contributed by atoms with van der Waals surface area (Å²) in [7, 11) is 0. The molecule has 0 atom stereocenters. The molecule has 0 saturated carbocycles. The standard InChI is InChI=1S/C11H13FN2O2S/c12-17-14-8-10(7-13-14)9-1-3-11(4-2-9)15-5-6-16-11/h1,7-8H,2-6H2. The summed E-state index contributed by atoms with van der Waals surface area (Å²) >= 11 is 0.101. The third kappa shape index (κ3) is 2.12. The molecule has 1 saturated heterocycles. The molecule has 1 fully saturated rings. The first-order valence-corrected chi connectivity index (χ1v) is 6.30. The molecule has 0 aromatic carbocycles. The second-order valence-corrected chi connectivity index (χ2v) is 4.75. The van der Waals surface area contributed by atoms with E-state index in [1.54, 1.807) is 12.4 Å². The van der Waals surface area contributed by atoms with Crippen LogP contribution in [-0.4, -0.2) is 28.2 Å². The molecule has 92 valence electrons. The SMILES string of the molecule is FSn1cc(C2=CCC3(CC2)OCCO3)cn1. The number of allylic oxidation sites excluding steroid dienone is 1. The number of nitrogens with zero attached hydrogens (tertiary/aromatic N) is 2. The Morgan fingerprint density at radius 2 is 2.24 bits per heavy atom. The van der Waals surface area contributed by atoms with Crippen molar-refractivity contribution >= 4 is 17.9 Å². The Bertz CT molecular complexity index is 440. The summed E-state index contributed by atoms with van der Waals surface area (Å²) in [5, 5.41) is 3.90. The molecule has 1 aromatic heterocycles. The van der Waals surface area contributed by atoms with E-state index >= 15 is 0 Å². The van der Waals surface area contributed by atoms with Crippen LogP contribution in [-0.2, 0) is 9.47 Å². The van der Waals surface area contributed by atoms with Gasteiger partial charge < -0.3 is 9.47 Å². The minimum Gasteiger partial charge on any atom is -0.347 e. The van der Waals surface area contributed by atoms with Crippen molar-refractivity contribution in [1.29, 1.82) is 0 Å². The number of hydrogen-bond acceptors (Lipinski definition) is 4. The zero-order valence-electron chi connectivity index (χ0n) is 9.26. The number of rotatable bonds is 2. The van der Waals surface area contributed by atoms with Crippen molar-refractivity contribution in [2.45, 2.75) is 25.0 Å². The van der Waals surface area contributed by atoms with E-state index in [2.05, 4.69) is 11.2 Å². The Hall–Kier alpha value is -0.850.